The number of carbonyl (C=O) groups excluding carboxylic acids is 2. The molecule has 0 saturated carbocycles. The number of halogens is 2. The van der Waals surface area contributed by atoms with E-state index < -0.39 is 17.0 Å². The van der Waals surface area contributed by atoms with Crippen LogP contribution in [-0.2, 0) is 11.4 Å². The zero-order valence-electron chi connectivity index (χ0n) is 20.9. The average Bonchev–Trinajstić information content (AvgIpc) is 3.20. The third-order valence-corrected chi connectivity index (χ3v) is 7.40. The van der Waals surface area contributed by atoms with Crippen LogP contribution >= 0.6 is 23.4 Å². The highest BCUT2D eigenvalue weighted by molar-refractivity contribution is 8.18. The molecule has 0 spiro atoms. The molecule has 0 atom stereocenters. The third-order valence-electron chi connectivity index (χ3n) is 6.13. The third kappa shape index (κ3) is 5.72. The normalized spacial score (nSPS) is 14.3. The maximum absolute atomic E-state index is 14.3. The summed E-state index contributed by atoms with van der Waals surface area (Å²) < 4.78 is 31.6. The van der Waals surface area contributed by atoms with E-state index in [4.69, 9.17) is 25.8 Å². The molecule has 1 aliphatic heterocycles. The van der Waals surface area contributed by atoms with Gasteiger partial charge in [0.15, 0.2) is 11.5 Å². The van der Waals surface area contributed by atoms with Gasteiger partial charge in [-0.25, -0.2) is 4.39 Å². The molecule has 198 valence electrons. The number of hydrogen-bond donors (Lipinski definition) is 0. The first kappa shape index (κ1) is 26.6. The molecule has 0 unspecified atom stereocenters. The van der Waals surface area contributed by atoms with Crippen molar-refractivity contribution in [3.8, 4) is 17.2 Å². The van der Waals surface area contributed by atoms with Gasteiger partial charge in [-0.15, -0.1) is 0 Å². The van der Waals surface area contributed by atoms with E-state index in [0.717, 1.165) is 27.4 Å². The lowest BCUT2D eigenvalue weighted by Gasteiger charge is -2.15. The summed E-state index contributed by atoms with van der Waals surface area (Å²) in [5, 5.41) is 1.84. The maximum Gasteiger partial charge on any atom is 0.293 e. The Hall–Kier alpha value is -4.01. The zero-order valence-corrected chi connectivity index (χ0v) is 22.4. The fourth-order valence-electron chi connectivity index (χ4n) is 4.18. The molecule has 4 aromatic rings. The van der Waals surface area contributed by atoms with Gasteiger partial charge in [0.05, 0.1) is 23.6 Å². The van der Waals surface area contributed by atoms with Crippen molar-refractivity contribution >= 4 is 51.4 Å². The minimum Gasteiger partial charge on any atom is -0.493 e. The number of carbonyl (C=O) groups is 2. The minimum absolute atomic E-state index is 0.0957. The van der Waals surface area contributed by atoms with Gasteiger partial charge in [-0.1, -0.05) is 66.2 Å². The fourth-order valence-corrected chi connectivity index (χ4v) is 5.25. The number of para-hydroxylation sites is 1. The Morgan fingerprint density at radius 3 is 2.49 bits per heavy atom. The molecule has 0 radical (unpaired) electrons. The molecule has 6 nitrogen and oxygen atoms in total. The highest BCUT2D eigenvalue weighted by Crippen LogP contribution is 2.38. The maximum atomic E-state index is 14.3. The van der Waals surface area contributed by atoms with Crippen molar-refractivity contribution in [1.29, 1.82) is 0 Å². The lowest BCUT2D eigenvalue weighted by Crippen LogP contribution is -2.32. The van der Waals surface area contributed by atoms with Gasteiger partial charge in [0.2, 0.25) is 0 Å². The van der Waals surface area contributed by atoms with E-state index in [1.165, 1.54) is 19.2 Å². The van der Waals surface area contributed by atoms with E-state index >= 15 is 0 Å². The number of fused-ring (bicyclic) bond motifs is 1. The summed E-state index contributed by atoms with van der Waals surface area (Å²) in [6.07, 6.45) is 1.57. The van der Waals surface area contributed by atoms with Crippen molar-refractivity contribution in [1.82, 2.24) is 4.90 Å². The van der Waals surface area contributed by atoms with Gasteiger partial charge >= 0.3 is 0 Å². The van der Waals surface area contributed by atoms with Crippen LogP contribution in [0.5, 0.6) is 17.2 Å². The smallest absolute Gasteiger partial charge is 0.293 e. The Morgan fingerprint density at radius 1 is 0.923 bits per heavy atom. The van der Waals surface area contributed by atoms with Crippen LogP contribution in [0.2, 0.25) is 5.02 Å². The first-order chi connectivity index (χ1) is 19.0. The molecule has 0 bridgehead atoms. The van der Waals surface area contributed by atoms with Crippen LogP contribution in [0.3, 0.4) is 0 Å². The van der Waals surface area contributed by atoms with Crippen molar-refractivity contribution < 1.29 is 28.2 Å². The van der Waals surface area contributed by atoms with E-state index in [-0.39, 0.29) is 35.2 Å². The van der Waals surface area contributed by atoms with Crippen molar-refractivity contribution in [2.24, 2.45) is 0 Å². The lowest BCUT2D eigenvalue weighted by molar-refractivity contribution is -0.123. The standard InChI is InChI=1S/C30H23ClFNO5S/c1-36-26-14-5-9-20(28(26)38-18-22-23(31)11-6-12-24(22)32)17-27-29(34)33(30(35)39-27)15-16-37-25-13-4-8-19-7-2-3-10-21(19)25/h2-14,17H,15-16,18H2,1H3/b27-17-. The van der Waals surface area contributed by atoms with Crippen molar-refractivity contribution in [2.45, 2.75) is 6.61 Å². The Kier molecular flexibility index (Phi) is 8.05. The topological polar surface area (TPSA) is 65.1 Å². The first-order valence-electron chi connectivity index (χ1n) is 12.0. The number of hydrogen-bond acceptors (Lipinski definition) is 6. The highest BCUT2D eigenvalue weighted by Gasteiger charge is 2.35. The van der Waals surface area contributed by atoms with Crippen LogP contribution in [0.1, 0.15) is 11.1 Å². The van der Waals surface area contributed by atoms with Crippen molar-refractivity contribution in [3.63, 3.8) is 0 Å². The van der Waals surface area contributed by atoms with Gasteiger partial charge in [0.25, 0.3) is 11.1 Å². The van der Waals surface area contributed by atoms with Gasteiger partial charge in [-0.3, -0.25) is 14.5 Å². The molecule has 1 fully saturated rings. The van der Waals surface area contributed by atoms with Gasteiger partial charge in [-0.05, 0) is 47.5 Å². The monoisotopic (exact) mass is 563 g/mol. The largest absolute Gasteiger partial charge is 0.493 e. The minimum atomic E-state index is -0.495. The van der Waals surface area contributed by atoms with E-state index in [1.807, 2.05) is 42.5 Å². The fraction of sp³-hybridized carbons (Fsp3) is 0.133. The van der Waals surface area contributed by atoms with Crippen molar-refractivity contribution in [3.05, 3.63) is 106 Å². The number of rotatable bonds is 9. The molecule has 0 N–H and O–H groups in total. The van der Waals surface area contributed by atoms with Gasteiger partial charge < -0.3 is 14.2 Å². The Morgan fingerprint density at radius 2 is 1.67 bits per heavy atom. The van der Waals surface area contributed by atoms with Crippen molar-refractivity contribution in [2.75, 3.05) is 20.3 Å². The van der Waals surface area contributed by atoms with E-state index in [0.29, 0.717) is 22.8 Å². The first-order valence-corrected chi connectivity index (χ1v) is 13.2. The number of methoxy groups -OCH3 is 1. The second kappa shape index (κ2) is 11.8. The van der Waals surface area contributed by atoms with Crippen LogP contribution in [0, 0.1) is 5.82 Å². The summed E-state index contributed by atoms with van der Waals surface area (Å²) in [6.45, 7) is 0.0917. The molecule has 5 rings (SSSR count). The molecule has 9 heteroatoms. The molecule has 39 heavy (non-hydrogen) atoms. The van der Waals surface area contributed by atoms with Crippen LogP contribution in [0.4, 0.5) is 9.18 Å². The van der Waals surface area contributed by atoms with Crippen LogP contribution < -0.4 is 14.2 Å². The van der Waals surface area contributed by atoms with E-state index in [1.54, 1.807) is 30.3 Å². The average molecular weight is 564 g/mol. The summed E-state index contributed by atoms with van der Waals surface area (Å²) in [4.78, 5) is 27.2. The molecule has 2 amide bonds. The SMILES string of the molecule is COc1cccc(/C=C2\SC(=O)N(CCOc3cccc4ccccc34)C2=O)c1OCc1c(F)cccc1Cl. The Labute approximate surface area is 233 Å². The molecular weight excluding hydrogens is 541 g/mol. The number of ether oxygens (including phenoxy) is 3. The molecule has 0 aromatic heterocycles. The van der Waals surface area contributed by atoms with Gasteiger partial charge in [-0.2, -0.15) is 0 Å². The Balaban J connectivity index is 1.31. The molecule has 4 aromatic carbocycles. The number of imide groups is 1. The Bertz CT molecular complexity index is 1570. The second-order valence-corrected chi connectivity index (χ2v) is 9.93. The zero-order chi connectivity index (χ0) is 27.4. The molecule has 1 heterocycles. The summed E-state index contributed by atoms with van der Waals surface area (Å²) in [7, 11) is 1.48. The molecule has 1 aliphatic rings. The number of amides is 2. The predicted octanol–water partition coefficient (Wildman–Crippen LogP) is 7.34. The number of nitrogens with zero attached hydrogens (tertiary/aromatic N) is 1. The van der Waals surface area contributed by atoms with Crippen LogP contribution in [0.15, 0.2) is 83.8 Å². The van der Waals surface area contributed by atoms with Crippen LogP contribution in [-0.4, -0.2) is 36.3 Å². The molecule has 1 saturated heterocycles. The molecular formula is C30H23ClFNO5S. The summed E-state index contributed by atoms with van der Waals surface area (Å²) in [5.41, 5.74) is 0.696. The quantitative estimate of drug-likeness (QED) is 0.199. The summed E-state index contributed by atoms with van der Waals surface area (Å²) in [5.74, 6) is 0.441. The van der Waals surface area contributed by atoms with Gasteiger partial charge in [0.1, 0.15) is 24.8 Å². The number of thioether (sulfide) groups is 1. The predicted molar refractivity (Wildman–Crippen MR) is 151 cm³/mol. The van der Waals surface area contributed by atoms with E-state index in [2.05, 4.69) is 0 Å². The highest BCUT2D eigenvalue weighted by atomic mass is 35.5. The van der Waals surface area contributed by atoms with Crippen LogP contribution in [0.25, 0.3) is 16.8 Å². The lowest BCUT2D eigenvalue weighted by atomic mass is 10.1. The summed E-state index contributed by atoms with van der Waals surface area (Å²) >= 11 is 6.98. The van der Waals surface area contributed by atoms with Gasteiger partial charge in [0, 0.05) is 16.5 Å². The van der Waals surface area contributed by atoms with E-state index in [9.17, 15) is 14.0 Å². The second-order valence-electron chi connectivity index (χ2n) is 8.53. The number of benzene rings is 4. The molecule has 0 aliphatic carbocycles. The summed E-state index contributed by atoms with van der Waals surface area (Å²) in [6, 6.07) is 23.1.